The second kappa shape index (κ2) is 4.73. The van der Waals surface area contributed by atoms with Crippen LogP contribution < -0.4 is 0 Å². The summed E-state index contributed by atoms with van der Waals surface area (Å²) in [7, 11) is 0. The Morgan fingerprint density at radius 1 is 1.44 bits per heavy atom. The third-order valence-corrected chi connectivity index (χ3v) is 3.87. The summed E-state index contributed by atoms with van der Waals surface area (Å²) in [6, 6.07) is 3.66. The molecule has 0 aromatic carbocycles. The van der Waals surface area contributed by atoms with Crippen LogP contribution in [0.25, 0.3) is 10.6 Å². The molecule has 0 amide bonds. The molecule has 0 spiro atoms. The van der Waals surface area contributed by atoms with Gasteiger partial charge in [0.15, 0.2) is 0 Å². The monoisotopic (exact) mass is 255 g/mol. The van der Waals surface area contributed by atoms with Crippen molar-refractivity contribution < 1.29 is 15.0 Å². The molecular weight excluding hydrogens is 246 g/mol. The molecule has 4 nitrogen and oxygen atoms in total. The quantitative estimate of drug-likeness (QED) is 0.876. The number of carboxylic acids is 1. The Bertz CT molecular complexity index is 504. The number of aromatic nitrogens is 1. The van der Waals surface area contributed by atoms with Crippen molar-refractivity contribution in [2.24, 2.45) is 0 Å². The zero-order valence-electron chi connectivity index (χ0n) is 8.21. The molecule has 0 atom stereocenters. The molecule has 84 valence electrons. The van der Waals surface area contributed by atoms with Crippen LogP contribution in [0.1, 0.15) is 9.88 Å². The predicted octanol–water partition coefficient (Wildman–Crippen LogP) is 1.99. The third-order valence-electron chi connectivity index (χ3n) is 1.93. The number of carbonyl (C=O) groups is 1. The van der Waals surface area contributed by atoms with Crippen LogP contribution >= 0.6 is 22.7 Å². The average molecular weight is 255 g/mol. The lowest BCUT2D eigenvalue weighted by Crippen LogP contribution is -1.96. The normalized spacial score (nSPS) is 10.6. The van der Waals surface area contributed by atoms with Crippen LogP contribution in [0.15, 0.2) is 17.5 Å². The van der Waals surface area contributed by atoms with Crippen molar-refractivity contribution >= 4 is 28.6 Å². The average Bonchev–Trinajstić information content (AvgIpc) is 2.83. The summed E-state index contributed by atoms with van der Waals surface area (Å²) in [5.74, 6) is -0.831. The van der Waals surface area contributed by atoms with Gasteiger partial charge in [-0.1, -0.05) is 0 Å². The Balaban J connectivity index is 2.20. The Kier molecular flexibility index (Phi) is 3.33. The lowest BCUT2D eigenvalue weighted by Gasteiger charge is -1.89. The summed E-state index contributed by atoms with van der Waals surface area (Å²) in [4.78, 5) is 16.5. The van der Waals surface area contributed by atoms with Gasteiger partial charge in [-0.2, -0.15) is 0 Å². The number of aliphatic hydroxyl groups is 1. The molecule has 0 saturated carbocycles. The lowest BCUT2D eigenvalue weighted by atomic mass is 10.3. The number of hydrogen-bond acceptors (Lipinski definition) is 5. The van der Waals surface area contributed by atoms with Crippen molar-refractivity contribution in [1.82, 2.24) is 4.98 Å². The third kappa shape index (κ3) is 2.46. The number of hydrogen-bond donors (Lipinski definition) is 2. The summed E-state index contributed by atoms with van der Waals surface area (Å²) in [6.45, 7) is -0.0575. The maximum absolute atomic E-state index is 10.5. The topological polar surface area (TPSA) is 70.4 Å². The number of aliphatic hydroxyl groups excluding tert-OH is 1. The smallest absolute Gasteiger partial charge is 0.308 e. The number of carboxylic acid groups (broad SMARTS) is 1. The first-order valence-electron chi connectivity index (χ1n) is 4.55. The first kappa shape index (κ1) is 11.3. The van der Waals surface area contributed by atoms with Crippen LogP contribution in [0, 0.1) is 0 Å². The van der Waals surface area contributed by atoms with Gasteiger partial charge < -0.3 is 10.2 Å². The summed E-state index contributed by atoms with van der Waals surface area (Å²) in [5, 5.41) is 20.1. The molecule has 0 saturated heterocycles. The number of thiazole rings is 1. The molecule has 6 heteroatoms. The molecule has 0 aliphatic carbocycles. The van der Waals surface area contributed by atoms with Crippen molar-refractivity contribution in [3.63, 3.8) is 0 Å². The van der Waals surface area contributed by atoms with E-state index in [9.17, 15) is 4.79 Å². The number of aliphatic carboxylic acids is 1. The minimum absolute atomic E-state index is 0.0433. The second-order valence-electron chi connectivity index (χ2n) is 3.12. The van der Waals surface area contributed by atoms with Crippen LogP contribution in [0.5, 0.6) is 0 Å². The first-order valence-corrected chi connectivity index (χ1v) is 6.25. The fourth-order valence-corrected chi connectivity index (χ4v) is 2.94. The predicted molar refractivity (Wildman–Crippen MR) is 62.7 cm³/mol. The van der Waals surface area contributed by atoms with Gasteiger partial charge in [-0.3, -0.25) is 4.79 Å². The van der Waals surface area contributed by atoms with Gasteiger partial charge >= 0.3 is 5.97 Å². The van der Waals surface area contributed by atoms with E-state index >= 15 is 0 Å². The summed E-state index contributed by atoms with van der Waals surface area (Å²) >= 11 is 2.82. The van der Waals surface area contributed by atoms with Gasteiger partial charge in [0, 0.05) is 10.3 Å². The van der Waals surface area contributed by atoms with Crippen LogP contribution in [0.2, 0.25) is 0 Å². The van der Waals surface area contributed by atoms with Crippen molar-refractivity contribution in [3.05, 3.63) is 27.4 Å². The number of nitrogens with zero attached hydrogens (tertiary/aromatic N) is 1. The van der Waals surface area contributed by atoms with Crippen LogP contribution in [-0.4, -0.2) is 21.2 Å². The van der Waals surface area contributed by atoms with Gasteiger partial charge in [-0.05, 0) is 12.1 Å². The molecule has 0 radical (unpaired) electrons. The Labute approximate surface area is 99.8 Å². The van der Waals surface area contributed by atoms with Gasteiger partial charge in [-0.25, -0.2) is 4.98 Å². The molecule has 2 heterocycles. The molecule has 2 aromatic heterocycles. The van der Waals surface area contributed by atoms with Gasteiger partial charge in [0.05, 0.1) is 23.6 Å². The highest BCUT2D eigenvalue weighted by Gasteiger charge is 2.08. The Morgan fingerprint density at radius 2 is 2.25 bits per heavy atom. The van der Waals surface area contributed by atoms with E-state index in [4.69, 9.17) is 10.2 Å². The van der Waals surface area contributed by atoms with Gasteiger partial charge in [0.2, 0.25) is 0 Å². The van der Waals surface area contributed by atoms with Crippen LogP contribution in [0.3, 0.4) is 0 Å². The lowest BCUT2D eigenvalue weighted by molar-refractivity contribution is -0.136. The largest absolute Gasteiger partial charge is 0.481 e. The summed E-state index contributed by atoms with van der Waals surface area (Å²) in [5.41, 5.74) is 0.802. The highest BCUT2D eigenvalue weighted by atomic mass is 32.1. The highest BCUT2D eigenvalue weighted by Crippen LogP contribution is 2.29. The molecule has 0 aliphatic rings. The molecule has 2 rings (SSSR count). The van der Waals surface area contributed by atoms with Crippen molar-refractivity contribution in [3.8, 4) is 10.6 Å². The molecule has 2 aromatic rings. The fraction of sp³-hybridized carbons (Fsp3) is 0.200. The molecule has 0 unspecified atom stereocenters. The van der Waals surface area contributed by atoms with E-state index in [-0.39, 0.29) is 13.0 Å². The SMILES string of the molecule is O=C(O)Cc1ccc(-c2csc(CO)n2)s1. The van der Waals surface area contributed by atoms with E-state index in [2.05, 4.69) is 4.98 Å². The van der Waals surface area contributed by atoms with Crippen LogP contribution in [-0.2, 0) is 17.8 Å². The minimum atomic E-state index is -0.831. The first-order chi connectivity index (χ1) is 7.69. The van der Waals surface area contributed by atoms with Crippen molar-refractivity contribution in [2.75, 3.05) is 0 Å². The number of rotatable bonds is 4. The Hall–Kier alpha value is -1.24. The van der Waals surface area contributed by atoms with Crippen molar-refractivity contribution in [1.29, 1.82) is 0 Å². The summed E-state index contributed by atoms with van der Waals surface area (Å²) < 4.78 is 0. The molecule has 0 aliphatic heterocycles. The summed E-state index contributed by atoms with van der Waals surface area (Å²) in [6.07, 6.45) is 0.0433. The molecular formula is C10H9NO3S2. The van der Waals surface area contributed by atoms with Gasteiger partial charge in [-0.15, -0.1) is 22.7 Å². The van der Waals surface area contributed by atoms with Crippen molar-refractivity contribution in [2.45, 2.75) is 13.0 Å². The van der Waals surface area contributed by atoms with E-state index in [0.29, 0.717) is 5.01 Å². The standard InChI is InChI=1S/C10H9NO3S2/c12-4-9-11-7(5-15-9)8-2-1-6(16-8)3-10(13)14/h1-2,5,12H,3-4H2,(H,13,14). The van der Waals surface area contributed by atoms with E-state index in [1.54, 1.807) is 6.07 Å². The van der Waals surface area contributed by atoms with Gasteiger partial charge in [0.1, 0.15) is 5.01 Å². The van der Waals surface area contributed by atoms with Crippen LogP contribution in [0.4, 0.5) is 0 Å². The maximum Gasteiger partial charge on any atom is 0.308 e. The number of thiophene rings is 1. The Morgan fingerprint density at radius 3 is 2.88 bits per heavy atom. The molecule has 0 fully saturated rings. The molecule has 16 heavy (non-hydrogen) atoms. The van der Waals surface area contributed by atoms with E-state index in [0.717, 1.165) is 15.4 Å². The van der Waals surface area contributed by atoms with E-state index < -0.39 is 5.97 Å². The highest BCUT2D eigenvalue weighted by molar-refractivity contribution is 7.16. The van der Waals surface area contributed by atoms with Gasteiger partial charge in [0.25, 0.3) is 0 Å². The zero-order chi connectivity index (χ0) is 11.5. The van der Waals surface area contributed by atoms with E-state index in [1.807, 2.05) is 11.4 Å². The fourth-order valence-electron chi connectivity index (χ4n) is 1.26. The zero-order valence-corrected chi connectivity index (χ0v) is 9.85. The second-order valence-corrected chi connectivity index (χ2v) is 5.23. The minimum Gasteiger partial charge on any atom is -0.481 e. The van der Waals surface area contributed by atoms with E-state index in [1.165, 1.54) is 22.7 Å². The maximum atomic E-state index is 10.5. The molecule has 0 bridgehead atoms. The molecule has 2 N–H and O–H groups in total.